The van der Waals surface area contributed by atoms with Gasteiger partial charge in [-0.05, 0) is 26.1 Å². The van der Waals surface area contributed by atoms with Crippen LogP contribution in [-0.4, -0.2) is 42.7 Å². The molecule has 1 aromatic heterocycles. The number of rotatable bonds is 4. The first-order valence-corrected chi connectivity index (χ1v) is 6.21. The Labute approximate surface area is 103 Å². The second-order valence-electron chi connectivity index (χ2n) is 4.55. The quantitative estimate of drug-likeness (QED) is 0.845. The fraction of sp³-hybridized carbons (Fsp3) is 0.615. The van der Waals surface area contributed by atoms with Gasteiger partial charge in [0.05, 0.1) is 24.6 Å². The van der Waals surface area contributed by atoms with Crippen molar-refractivity contribution in [2.75, 3.05) is 26.8 Å². The van der Waals surface area contributed by atoms with Crippen molar-refractivity contribution in [1.82, 2.24) is 15.2 Å². The first-order valence-electron chi connectivity index (χ1n) is 6.21. The summed E-state index contributed by atoms with van der Waals surface area (Å²) in [6, 6.07) is 6.73. The zero-order chi connectivity index (χ0) is 12.1. The van der Waals surface area contributed by atoms with Gasteiger partial charge in [-0.15, -0.1) is 0 Å². The molecule has 1 aromatic rings. The van der Waals surface area contributed by atoms with Crippen LogP contribution in [0.4, 0.5) is 0 Å². The fourth-order valence-electron chi connectivity index (χ4n) is 2.10. The monoisotopic (exact) mass is 235 g/mol. The summed E-state index contributed by atoms with van der Waals surface area (Å²) in [5.74, 6) is 0. The molecule has 1 unspecified atom stereocenters. The van der Waals surface area contributed by atoms with Crippen LogP contribution in [-0.2, 0) is 17.8 Å². The standard InChI is InChI=1S/C13H21N3O/c1-11-10-17-7-6-16(11)9-13-5-3-4-12(15-13)8-14-2/h3-5,11,14H,6-10H2,1-2H3. The van der Waals surface area contributed by atoms with Crippen molar-refractivity contribution in [1.29, 1.82) is 0 Å². The van der Waals surface area contributed by atoms with Crippen molar-refractivity contribution >= 4 is 0 Å². The van der Waals surface area contributed by atoms with E-state index in [9.17, 15) is 0 Å². The smallest absolute Gasteiger partial charge is 0.0619 e. The molecule has 2 rings (SSSR count). The zero-order valence-electron chi connectivity index (χ0n) is 10.6. The number of morpholine rings is 1. The van der Waals surface area contributed by atoms with E-state index >= 15 is 0 Å². The Balaban J connectivity index is 1.99. The van der Waals surface area contributed by atoms with Gasteiger partial charge in [0.25, 0.3) is 0 Å². The number of aromatic nitrogens is 1. The summed E-state index contributed by atoms with van der Waals surface area (Å²) in [6.07, 6.45) is 0. The number of ether oxygens (including phenoxy) is 1. The minimum atomic E-state index is 0.485. The molecule has 0 bridgehead atoms. The van der Waals surface area contributed by atoms with E-state index in [1.807, 2.05) is 7.05 Å². The van der Waals surface area contributed by atoms with Gasteiger partial charge in [-0.25, -0.2) is 0 Å². The van der Waals surface area contributed by atoms with E-state index in [0.29, 0.717) is 6.04 Å². The molecule has 1 N–H and O–H groups in total. The number of pyridine rings is 1. The summed E-state index contributed by atoms with van der Waals surface area (Å²) in [7, 11) is 1.94. The van der Waals surface area contributed by atoms with Gasteiger partial charge < -0.3 is 10.1 Å². The van der Waals surface area contributed by atoms with Crippen LogP contribution < -0.4 is 5.32 Å². The third-order valence-electron chi connectivity index (χ3n) is 3.09. The SMILES string of the molecule is CNCc1cccc(CN2CCOCC2C)n1. The van der Waals surface area contributed by atoms with Crippen LogP contribution in [0.1, 0.15) is 18.3 Å². The van der Waals surface area contributed by atoms with Crippen LogP contribution >= 0.6 is 0 Å². The molecule has 2 heterocycles. The maximum absolute atomic E-state index is 5.44. The summed E-state index contributed by atoms with van der Waals surface area (Å²) in [5.41, 5.74) is 2.25. The lowest BCUT2D eigenvalue weighted by Crippen LogP contribution is -2.43. The van der Waals surface area contributed by atoms with Gasteiger partial charge in [0.2, 0.25) is 0 Å². The van der Waals surface area contributed by atoms with Crippen LogP contribution in [0.3, 0.4) is 0 Å². The van der Waals surface area contributed by atoms with Gasteiger partial charge in [0.1, 0.15) is 0 Å². The van der Waals surface area contributed by atoms with E-state index in [1.54, 1.807) is 0 Å². The highest BCUT2D eigenvalue weighted by Gasteiger charge is 2.18. The minimum Gasteiger partial charge on any atom is -0.379 e. The molecule has 0 aromatic carbocycles. The lowest BCUT2D eigenvalue weighted by atomic mass is 10.2. The van der Waals surface area contributed by atoms with Crippen molar-refractivity contribution in [2.24, 2.45) is 0 Å². The van der Waals surface area contributed by atoms with Crippen molar-refractivity contribution in [3.05, 3.63) is 29.6 Å². The Hall–Kier alpha value is -0.970. The van der Waals surface area contributed by atoms with Crippen LogP contribution in [0.2, 0.25) is 0 Å². The highest BCUT2D eigenvalue weighted by Crippen LogP contribution is 2.11. The Morgan fingerprint density at radius 1 is 1.47 bits per heavy atom. The molecule has 4 heteroatoms. The summed E-state index contributed by atoms with van der Waals surface area (Å²) < 4.78 is 5.44. The fourth-order valence-corrected chi connectivity index (χ4v) is 2.10. The first kappa shape index (κ1) is 12.5. The van der Waals surface area contributed by atoms with Crippen LogP contribution in [0.15, 0.2) is 18.2 Å². The van der Waals surface area contributed by atoms with Gasteiger partial charge in [-0.2, -0.15) is 0 Å². The predicted octanol–water partition coefficient (Wildman–Crippen LogP) is 1.02. The third kappa shape index (κ3) is 3.49. The molecule has 1 aliphatic heterocycles. The van der Waals surface area contributed by atoms with Gasteiger partial charge in [-0.1, -0.05) is 6.07 Å². The molecule has 1 aliphatic rings. The molecule has 1 fully saturated rings. The second kappa shape index (κ2) is 6.10. The lowest BCUT2D eigenvalue weighted by Gasteiger charge is -2.32. The maximum atomic E-state index is 5.44. The number of nitrogens with one attached hydrogen (secondary N) is 1. The van der Waals surface area contributed by atoms with Gasteiger partial charge in [0, 0.05) is 25.7 Å². The second-order valence-corrected chi connectivity index (χ2v) is 4.55. The van der Waals surface area contributed by atoms with Crippen molar-refractivity contribution < 1.29 is 4.74 Å². The molecule has 0 saturated carbocycles. The van der Waals surface area contributed by atoms with E-state index in [0.717, 1.165) is 44.2 Å². The number of hydrogen-bond acceptors (Lipinski definition) is 4. The van der Waals surface area contributed by atoms with Gasteiger partial charge in [0.15, 0.2) is 0 Å². The summed E-state index contributed by atoms with van der Waals surface area (Å²) >= 11 is 0. The normalized spacial score (nSPS) is 21.6. The van der Waals surface area contributed by atoms with Crippen molar-refractivity contribution in [3.8, 4) is 0 Å². The Bertz CT molecular complexity index is 356. The molecule has 1 atom stereocenters. The van der Waals surface area contributed by atoms with E-state index in [1.165, 1.54) is 0 Å². The molecule has 0 radical (unpaired) electrons. The van der Waals surface area contributed by atoms with E-state index < -0.39 is 0 Å². The summed E-state index contributed by atoms with van der Waals surface area (Å²) in [6.45, 7) is 6.61. The first-order chi connectivity index (χ1) is 8.29. The average Bonchev–Trinajstić information content (AvgIpc) is 2.33. The Morgan fingerprint density at radius 3 is 3.06 bits per heavy atom. The lowest BCUT2D eigenvalue weighted by molar-refractivity contribution is -0.00492. The average molecular weight is 235 g/mol. The van der Waals surface area contributed by atoms with Gasteiger partial charge in [-0.3, -0.25) is 9.88 Å². The molecule has 4 nitrogen and oxygen atoms in total. The van der Waals surface area contributed by atoms with Crippen LogP contribution in [0.5, 0.6) is 0 Å². The molecule has 17 heavy (non-hydrogen) atoms. The van der Waals surface area contributed by atoms with Gasteiger partial charge >= 0.3 is 0 Å². The summed E-state index contributed by atoms with van der Waals surface area (Å²) in [4.78, 5) is 7.07. The number of nitrogens with zero attached hydrogens (tertiary/aromatic N) is 2. The topological polar surface area (TPSA) is 37.4 Å². The summed E-state index contributed by atoms with van der Waals surface area (Å²) in [5, 5.41) is 3.13. The minimum absolute atomic E-state index is 0.485. The molecule has 0 amide bonds. The van der Waals surface area contributed by atoms with Crippen LogP contribution in [0.25, 0.3) is 0 Å². The molecular formula is C13H21N3O. The van der Waals surface area contributed by atoms with E-state index in [-0.39, 0.29) is 0 Å². The molecule has 1 saturated heterocycles. The Kier molecular flexibility index (Phi) is 4.48. The molecule has 0 aliphatic carbocycles. The van der Waals surface area contributed by atoms with E-state index in [4.69, 9.17) is 4.74 Å². The third-order valence-corrected chi connectivity index (χ3v) is 3.09. The Morgan fingerprint density at radius 2 is 2.29 bits per heavy atom. The zero-order valence-corrected chi connectivity index (χ0v) is 10.6. The predicted molar refractivity (Wildman–Crippen MR) is 67.7 cm³/mol. The van der Waals surface area contributed by atoms with Crippen molar-refractivity contribution in [2.45, 2.75) is 26.1 Å². The molecular weight excluding hydrogens is 214 g/mol. The molecule has 0 spiro atoms. The maximum Gasteiger partial charge on any atom is 0.0619 e. The molecule has 94 valence electrons. The highest BCUT2D eigenvalue weighted by atomic mass is 16.5. The van der Waals surface area contributed by atoms with Crippen molar-refractivity contribution in [3.63, 3.8) is 0 Å². The van der Waals surface area contributed by atoms with Crippen LogP contribution in [0, 0.1) is 0 Å². The van der Waals surface area contributed by atoms with E-state index in [2.05, 4.69) is 40.3 Å². The highest BCUT2D eigenvalue weighted by molar-refractivity contribution is 5.11. The largest absolute Gasteiger partial charge is 0.379 e. The number of hydrogen-bond donors (Lipinski definition) is 1.